The molecule has 8 heteroatoms. The standard InChI is InChI=1S/C17H17Cl2N5O/c1-10-7-15(22-16-8-11(2)25-24-16)23-17(21-10)20-6-5-12-3-4-13(18)9-14(12)19/h3-4,7-9H,5-6H2,1-2H3,(H2,20,21,22,23,24). The Balaban J connectivity index is 1.64. The summed E-state index contributed by atoms with van der Waals surface area (Å²) < 4.78 is 5.04. The van der Waals surface area contributed by atoms with Crippen LogP contribution in [0.5, 0.6) is 0 Å². The second-order valence-corrected chi connectivity index (χ2v) is 6.42. The van der Waals surface area contributed by atoms with E-state index in [0.717, 1.165) is 23.4 Å². The summed E-state index contributed by atoms with van der Waals surface area (Å²) in [4.78, 5) is 8.82. The van der Waals surface area contributed by atoms with Gasteiger partial charge in [-0.25, -0.2) is 4.98 Å². The molecule has 6 nitrogen and oxygen atoms in total. The maximum atomic E-state index is 6.18. The minimum Gasteiger partial charge on any atom is -0.360 e. The highest BCUT2D eigenvalue weighted by atomic mass is 35.5. The summed E-state index contributed by atoms with van der Waals surface area (Å²) in [7, 11) is 0. The highest BCUT2D eigenvalue weighted by Crippen LogP contribution is 2.21. The molecule has 0 saturated heterocycles. The van der Waals surface area contributed by atoms with E-state index < -0.39 is 0 Å². The van der Waals surface area contributed by atoms with E-state index in [2.05, 4.69) is 25.8 Å². The molecule has 0 bridgehead atoms. The molecule has 0 saturated carbocycles. The average Bonchev–Trinajstić information content (AvgIpc) is 2.94. The predicted octanol–water partition coefficient (Wildman–Crippen LogP) is 4.79. The molecule has 0 aliphatic carbocycles. The van der Waals surface area contributed by atoms with Crippen LogP contribution in [-0.2, 0) is 6.42 Å². The maximum Gasteiger partial charge on any atom is 0.224 e. The molecule has 25 heavy (non-hydrogen) atoms. The molecule has 0 radical (unpaired) electrons. The monoisotopic (exact) mass is 377 g/mol. The number of nitrogens with one attached hydrogen (secondary N) is 2. The van der Waals surface area contributed by atoms with Crippen molar-refractivity contribution in [1.29, 1.82) is 0 Å². The van der Waals surface area contributed by atoms with Gasteiger partial charge in [-0.1, -0.05) is 34.4 Å². The smallest absolute Gasteiger partial charge is 0.224 e. The Bertz CT molecular complexity index is 881. The number of halogens is 2. The normalized spacial score (nSPS) is 10.7. The van der Waals surface area contributed by atoms with Crippen molar-refractivity contribution in [2.45, 2.75) is 20.3 Å². The largest absolute Gasteiger partial charge is 0.360 e. The number of rotatable bonds is 6. The van der Waals surface area contributed by atoms with Gasteiger partial charge in [0.25, 0.3) is 0 Å². The van der Waals surface area contributed by atoms with Gasteiger partial charge in [-0.3, -0.25) is 0 Å². The Morgan fingerprint density at radius 1 is 1.04 bits per heavy atom. The molecule has 2 heterocycles. The lowest BCUT2D eigenvalue weighted by molar-refractivity contribution is 0.400. The van der Waals surface area contributed by atoms with E-state index >= 15 is 0 Å². The van der Waals surface area contributed by atoms with E-state index in [9.17, 15) is 0 Å². The Kier molecular flexibility index (Phi) is 5.40. The minimum absolute atomic E-state index is 0.535. The summed E-state index contributed by atoms with van der Waals surface area (Å²) >= 11 is 12.1. The van der Waals surface area contributed by atoms with Crippen LogP contribution in [0.4, 0.5) is 17.6 Å². The van der Waals surface area contributed by atoms with Crippen molar-refractivity contribution in [2.75, 3.05) is 17.2 Å². The van der Waals surface area contributed by atoms with Crippen LogP contribution < -0.4 is 10.6 Å². The Morgan fingerprint density at radius 2 is 1.88 bits per heavy atom. The van der Waals surface area contributed by atoms with Gasteiger partial charge in [0.05, 0.1) is 0 Å². The first-order chi connectivity index (χ1) is 12.0. The average molecular weight is 378 g/mol. The molecular weight excluding hydrogens is 361 g/mol. The van der Waals surface area contributed by atoms with E-state index in [0.29, 0.717) is 34.2 Å². The Labute approximate surface area is 155 Å². The summed E-state index contributed by atoms with van der Waals surface area (Å²) in [5, 5.41) is 11.5. The highest BCUT2D eigenvalue weighted by molar-refractivity contribution is 6.35. The summed E-state index contributed by atoms with van der Waals surface area (Å²) in [6, 6.07) is 9.12. The fourth-order valence-corrected chi connectivity index (χ4v) is 2.80. The van der Waals surface area contributed by atoms with E-state index in [-0.39, 0.29) is 0 Å². The van der Waals surface area contributed by atoms with Crippen LogP contribution in [0.3, 0.4) is 0 Å². The Morgan fingerprint density at radius 3 is 2.60 bits per heavy atom. The van der Waals surface area contributed by atoms with E-state index in [1.165, 1.54) is 0 Å². The molecule has 0 aliphatic rings. The summed E-state index contributed by atoms with van der Waals surface area (Å²) in [5.74, 6) is 2.52. The van der Waals surface area contributed by atoms with Gasteiger partial charge in [0.1, 0.15) is 11.6 Å². The number of aryl methyl sites for hydroxylation is 2. The molecule has 2 N–H and O–H groups in total. The number of hydrogen-bond donors (Lipinski definition) is 2. The zero-order chi connectivity index (χ0) is 17.8. The second kappa shape index (κ2) is 7.72. The molecule has 0 atom stereocenters. The molecule has 2 aromatic heterocycles. The fraction of sp³-hybridized carbons (Fsp3) is 0.235. The van der Waals surface area contributed by atoms with Gasteiger partial charge in [-0.15, -0.1) is 0 Å². The van der Waals surface area contributed by atoms with Crippen LogP contribution >= 0.6 is 23.2 Å². The van der Waals surface area contributed by atoms with Crippen molar-refractivity contribution in [3.63, 3.8) is 0 Å². The van der Waals surface area contributed by atoms with Crippen molar-refractivity contribution >= 4 is 40.8 Å². The third-order valence-electron chi connectivity index (χ3n) is 3.43. The second-order valence-electron chi connectivity index (χ2n) is 5.58. The van der Waals surface area contributed by atoms with Gasteiger partial charge in [0, 0.05) is 34.4 Å². The first-order valence-corrected chi connectivity index (χ1v) is 8.49. The van der Waals surface area contributed by atoms with E-state index in [4.69, 9.17) is 27.7 Å². The third kappa shape index (κ3) is 4.84. The van der Waals surface area contributed by atoms with Gasteiger partial charge >= 0.3 is 0 Å². The van der Waals surface area contributed by atoms with Crippen molar-refractivity contribution < 1.29 is 4.52 Å². The van der Waals surface area contributed by atoms with Crippen LogP contribution in [0.1, 0.15) is 17.0 Å². The highest BCUT2D eigenvalue weighted by Gasteiger charge is 2.06. The van der Waals surface area contributed by atoms with Crippen LogP contribution in [0.2, 0.25) is 10.0 Å². The third-order valence-corrected chi connectivity index (χ3v) is 4.02. The SMILES string of the molecule is Cc1cc(Nc2cc(C)on2)nc(NCCc2ccc(Cl)cc2Cl)n1. The Hall–Kier alpha value is -2.31. The lowest BCUT2D eigenvalue weighted by atomic mass is 10.1. The fourth-order valence-electron chi connectivity index (χ4n) is 2.30. The van der Waals surface area contributed by atoms with Gasteiger partial charge in [0.2, 0.25) is 5.95 Å². The molecule has 130 valence electrons. The van der Waals surface area contributed by atoms with Gasteiger partial charge in [0.15, 0.2) is 5.82 Å². The van der Waals surface area contributed by atoms with E-state index in [1.807, 2.05) is 32.0 Å². The van der Waals surface area contributed by atoms with Crippen LogP contribution in [-0.4, -0.2) is 21.7 Å². The predicted molar refractivity (Wildman–Crippen MR) is 99.9 cm³/mol. The molecule has 0 unspecified atom stereocenters. The zero-order valence-corrected chi connectivity index (χ0v) is 15.3. The number of aromatic nitrogens is 3. The van der Waals surface area contributed by atoms with Crippen LogP contribution in [0.15, 0.2) is 34.9 Å². The van der Waals surface area contributed by atoms with E-state index in [1.54, 1.807) is 12.1 Å². The number of anilines is 3. The summed E-state index contributed by atoms with van der Waals surface area (Å²) in [5.41, 5.74) is 1.85. The molecular formula is C17H17Cl2N5O. The number of hydrogen-bond acceptors (Lipinski definition) is 6. The molecule has 3 rings (SSSR count). The molecule has 0 aliphatic heterocycles. The van der Waals surface area contributed by atoms with Crippen LogP contribution in [0, 0.1) is 13.8 Å². The van der Waals surface area contributed by atoms with Gasteiger partial charge in [-0.05, 0) is 38.0 Å². The summed E-state index contributed by atoms with van der Waals surface area (Å²) in [6.07, 6.45) is 0.735. The van der Waals surface area contributed by atoms with Crippen molar-refractivity contribution in [1.82, 2.24) is 15.1 Å². The molecule has 0 amide bonds. The first kappa shape index (κ1) is 17.5. The molecule has 1 aromatic carbocycles. The molecule has 0 spiro atoms. The van der Waals surface area contributed by atoms with Crippen molar-refractivity contribution in [3.05, 3.63) is 57.4 Å². The molecule has 3 aromatic rings. The first-order valence-electron chi connectivity index (χ1n) is 7.73. The maximum absolute atomic E-state index is 6.18. The number of benzene rings is 1. The van der Waals surface area contributed by atoms with Crippen LogP contribution in [0.25, 0.3) is 0 Å². The van der Waals surface area contributed by atoms with Crippen molar-refractivity contribution in [3.8, 4) is 0 Å². The number of nitrogens with zero attached hydrogens (tertiary/aromatic N) is 3. The van der Waals surface area contributed by atoms with Gasteiger partial charge < -0.3 is 15.2 Å². The lowest BCUT2D eigenvalue weighted by Gasteiger charge is -2.09. The molecule has 0 fully saturated rings. The topological polar surface area (TPSA) is 75.9 Å². The van der Waals surface area contributed by atoms with Gasteiger partial charge in [-0.2, -0.15) is 4.98 Å². The zero-order valence-electron chi connectivity index (χ0n) is 13.8. The lowest BCUT2D eigenvalue weighted by Crippen LogP contribution is -2.10. The quantitative estimate of drug-likeness (QED) is 0.643. The summed E-state index contributed by atoms with van der Waals surface area (Å²) in [6.45, 7) is 4.38. The van der Waals surface area contributed by atoms with Crippen molar-refractivity contribution in [2.24, 2.45) is 0 Å². The minimum atomic E-state index is 0.535.